The number of rotatable bonds is 4. The van der Waals surface area contributed by atoms with Gasteiger partial charge < -0.3 is 9.88 Å². The van der Waals surface area contributed by atoms with Crippen molar-refractivity contribution in [3.05, 3.63) is 48.8 Å². The van der Waals surface area contributed by atoms with Crippen LogP contribution >= 0.6 is 0 Å². The van der Waals surface area contributed by atoms with Crippen LogP contribution in [0, 0.1) is 0 Å². The molecule has 0 radical (unpaired) electrons. The predicted octanol–water partition coefficient (Wildman–Crippen LogP) is 1.01. The van der Waals surface area contributed by atoms with Crippen LogP contribution in [0.4, 0.5) is 5.69 Å². The van der Waals surface area contributed by atoms with Crippen LogP contribution in [0.5, 0.6) is 0 Å². The lowest BCUT2D eigenvalue weighted by molar-refractivity contribution is 0.788. The molecule has 0 spiro atoms. The Bertz CT molecular complexity index is 656. The van der Waals surface area contributed by atoms with Crippen molar-refractivity contribution in [1.82, 2.24) is 29.8 Å². The molecule has 1 aromatic carbocycles. The minimum atomic E-state index is 0.669. The number of aromatic nitrogens is 6. The zero-order valence-corrected chi connectivity index (χ0v) is 10.4. The highest BCUT2D eigenvalue weighted by Crippen LogP contribution is 2.14. The highest BCUT2D eigenvalue weighted by atomic mass is 15.5. The van der Waals surface area contributed by atoms with Crippen molar-refractivity contribution in [3.63, 3.8) is 0 Å². The maximum Gasteiger partial charge on any atom is 0.143 e. The molecule has 0 saturated heterocycles. The average molecular weight is 255 g/mol. The Kier molecular flexibility index (Phi) is 2.93. The molecule has 0 aliphatic heterocycles. The highest BCUT2D eigenvalue weighted by molar-refractivity contribution is 5.50. The van der Waals surface area contributed by atoms with Gasteiger partial charge in [0.25, 0.3) is 0 Å². The Morgan fingerprint density at radius 1 is 1.32 bits per heavy atom. The smallest absolute Gasteiger partial charge is 0.143 e. The second kappa shape index (κ2) is 4.89. The van der Waals surface area contributed by atoms with Gasteiger partial charge in [0.05, 0.1) is 12.2 Å². The molecule has 0 amide bonds. The molecule has 0 unspecified atom stereocenters. The number of benzene rings is 1. The van der Waals surface area contributed by atoms with Gasteiger partial charge >= 0.3 is 0 Å². The zero-order chi connectivity index (χ0) is 13.1. The lowest BCUT2D eigenvalue weighted by atomic mass is 10.3. The molecule has 96 valence electrons. The van der Waals surface area contributed by atoms with Crippen molar-refractivity contribution in [2.75, 3.05) is 5.32 Å². The van der Waals surface area contributed by atoms with Gasteiger partial charge in [0.1, 0.15) is 12.2 Å². The summed E-state index contributed by atoms with van der Waals surface area (Å²) in [5.74, 6) is 0.979. The molecule has 2 heterocycles. The monoisotopic (exact) mass is 255 g/mol. The fourth-order valence-electron chi connectivity index (χ4n) is 1.79. The molecule has 0 fully saturated rings. The number of hydrogen-bond donors (Lipinski definition) is 1. The van der Waals surface area contributed by atoms with Gasteiger partial charge in [-0.25, -0.2) is 9.67 Å². The predicted molar refractivity (Wildman–Crippen MR) is 69.7 cm³/mol. The molecule has 3 aromatic rings. The highest BCUT2D eigenvalue weighted by Gasteiger charge is 2.01. The number of hydrogen-bond acceptors (Lipinski definition) is 5. The van der Waals surface area contributed by atoms with Gasteiger partial charge in [0.15, 0.2) is 0 Å². The van der Waals surface area contributed by atoms with E-state index in [2.05, 4.69) is 25.8 Å². The van der Waals surface area contributed by atoms with E-state index in [0.29, 0.717) is 6.54 Å². The number of nitrogens with one attached hydrogen (secondary N) is 1. The average Bonchev–Trinajstić information content (AvgIpc) is 3.08. The molecule has 0 atom stereocenters. The Morgan fingerprint density at radius 3 is 3.00 bits per heavy atom. The van der Waals surface area contributed by atoms with Gasteiger partial charge in [0.2, 0.25) is 0 Å². The van der Waals surface area contributed by atoms with Crippen molar-refractivity contribution in [2.45, 2.75) is 6.54 Å². The molecule has 0 bridgehead atoms. The van der Waals surface area contributed by atoms with E-state index >= 15 is 0 Å². The summed E-state index contributed by atoms with van der Waals surface area (Å²) in [6.07, 6.45) is 5.28. The van der Waals surface area contributed by atoms with Gasteiger partial charge in [0, 0.05) is 25.1 Å². The molecule has 19 heavy (non-hydrogen) atoms. The maximum atomic E-state index is 4.27. The molecular weight excluding hydrogens is 242 g/mol. The standard InChI is InChI=1S/C12H13N7/c1-18-6-5-13-12(18)8-14-10-3-2-4-11(7-10)19-9-15-16-17-19/h2-7,9,14H,8H2,1H3. The first-order valence-corrected chi connectivity index (χ1v) is 5.86. The quantitative estimate of drug-likeness (QED) is 0.753. The first-order chi connectivity index (χ1) is 9.33. The summed E-state index contributed by atoms with van der Waals surface area (Å²) in [6, 6.07) is 7.89. The Morgan fingerprint density at radius 2 is 2.26 bits per heavy atom. The second-order valence-electron chi connectivity index (χ2n) is 4.11. The van der Waals surface area contributed by atoms with Crippen LogP contribution < -0.4 is 5.32 Å². The largest absolute Gasteiger partial charge is 0.378 e. The third-order valence-corrected chi connectivity index (χ3v) is 2.83. The van der Waals surface area contributed by atoms with Crippen LogP contribution in [-0.4, -0.2) is 29.8 Å². The summed E-state index contributed by atoms with van der Waals surface area (Å²) in [4.78, 5) is 4.27. The molecule has 3 rings (SSSR count). The van der Waals surface area contributed by atoms with E-state index in [9.17, 15) is 0 Å². The molecule has 0 aliphatic carbocycles. The van der Waals surface area contributed by atoms with Crippen LogP contribution in [0.1, 0.15) is 5.82 Å². The van der Waals surface area contributed by atoms with Crippen LogP contribution in [0.2, 0.25) is 0 Å². The number of anilines is 1. The van der Waals surface area contributed by atoms with E-state index in [1.165, 1.54) is 0 Å². The van der Waals surface area contributed by atoms with Gasteiger partial charge in [-0.1, -0.05) is 6.07 Å². The van der Waals surface area contributed by atoms with Crippen molar-refractivity contribution in [3.8, 4) is 5.69 Å². The van der Waals surface area contributed by atoms with E-state index in [0.717, 1.165) is 17.2 Å². The molecule has 7 heteroatoms. The topological polar surface area (TPSA) is 73.5 Å². The summed E-state index contributed by atoms with van der Waals surface area (Å²) in [5, 5.41) is 14.4. The fraction of sp³-hybridized carbons (Fsp3) is 0.167. The van der Waals surface area contributed by atoms with E-state index in [4.69, 9.17) is 0 Å². The minimum Gasteiger partial charge on any atom is -0.378 e. The lowest BCUT2D eigenvalue weighted by Gasteiger charge is -2.08. The minimum absolute atomic E-state index is 0.669. The zero-order valence-electron chi connectivity index (χ0n) is 10.4. The number of nitrogens with zero attached hydrogens (tertiary/aromatic N) is 6. The van der Waals surface area contributed by atoms with E-state index in [1.54, 1.807) is 17.2 Å². The molecular formula is C12H13N7. The van der Waals surface area contributed by atoms with Gasteiger partial charge in [-0.05, 0) is 28.6 Å². The summed E-state index contributed by atoms with van der Waals surface area (Å²) in [5.41, 5.74) is 1.91. The normalized spacial score (nSPS) is 10.6. The van der Waals surface area contributed by atoms with E-state index in [-0.39, 0.29) is 0 Å². The summed E-state index contributed by atoms with van der Waals surface area (Å²) >= 11 is 0. The molecule has 0 saturated carbocycles. The van der Waals surface area contributed by atoms with Crippen LogP contribution in [0.25, 0.3) is 5.69 Å². The van der Waals surface area contributed by atoms with Crippen LogP contribution in [0.3, 0.4) is 0 Å². The van der Waals surface area contributed by atoms with Crippen molar-refractivity contribution in [1.29, 1.82) is 0 Å². The van der Waals surface area contributed by atoms with Gasteiger partial charge in [-0.2, -0.15) is 0 Å². The third kappa shape index (κ3) is 2.44. The third-order valence-electron chi connectivity index (χ3n) is 2.83. The lowest BCUT2D eigenvalue weighted by Crippen LogP contribution is -2.06. The van der Waals surface area contributed by atoms with Crippen molar-refractivity contribution >= 4 is 5.69 Å². The fourth-order valence-corrected chi connectivity index (χ4v) is 1.79. The second-order valence-corrected chi connectivity index (χ2v) is 4.11. The summed E-state index contributed by atoms with van der Waals surface area (Å²) in [7, 11) is 1.97. The van der Waals surface area contributed by atoms with Gasteiger partial charge in [-0.15, -0.1) is 5.10 Å². The van der Waals surface area contributed by atoms with Crippen molar-refractivity contribution < 1.29 is 0 Å². The first-order valence-electron chi connectivity index (χ1n) is 5.86. The molecule has 0 aliphatic rings. The van der Waals surface area contributed by atoms with E-state index in [1.807, 2.05) is 42.1 Å². The Hall–Kier alpha value is -2.70. The van der Waals surface area contributed by atoms with Gasteiger partial charge in [-0.3, -0.25) is 0 Å². The number of aryl methyl sites for hydroxylation is 1. The maximum absolute atomic E-state index is 4.27. The molecule has 2 aromatic heterocycles. The van der Waals surface area contributed by atoms with Crippen molar-refractivity contribution in [2.24, 2.45) is 7.05 Å². The Balaban J connectivity index is 1.75. The SMILES string of the molecule is Cn1ccnc1CNc1cccc(-n2cnnn2)c1. The summed E-state index contributed by atoms with van der Waals surface area (Å²) in [6.45, 7) is 0.669. The first kappa shape index (κ1) is 11.4. The molecule has 7 nitrogen and oxygen atoms in total. The van der Waals surface area contributed by atoms with E-state index < -0.39 is 0 Å². The number of imidazole rings is 1. The van der Waals surface area contributed by atoms with Crippen LogP contribution in [0.15, 0.2) is 43.0 Å². The van der Waals surface area contributed by atoms with Crippen LogP contribution in [-0.2, 0) is 13.6 Å². The Labute approximate surface area is 109 Å². The summed E-state index contributed by atoms with van der Waals surface area (Å²) < 4.78 is 3.60. The number of tetrazole rings is 1. The molecule has 1 N–H and O–H groups in total.